The Morgan fingerprint density at radius 2 is 2.14 bits per heavy atom. The first-order valence-electron chi connectivity index (χ1n) is 6.56. The van der Waals surface area contributed by atoms with Crippen LogP contribution in [-0.2, 0) is 0 Å². The molecule has 4 nitrogen and oxygen atoms in total. The van der Waals surface area contributed by atoms with Crippen molar-refractivity contribution in [3.8, 4) is 0 Å². The Bertz CT molecular complexity index is 649. The van der Waals surface area contributed by atoms with E-state index in [0.29, 0.717) is 16.4 Å². The average Bonchev–Trinajstić information content (AvgIpc) is 2.48. The highest BCUT2D eigenvalue weighted by Gasteiger charge is 2.09. The number of nitrogens with one attached hydrogen (secondary N) is 2. The van der Waals surface area contributed by atoms with Gasteiger partial charge in [-0.15, -0.1) is 0 Å². The molecule has 2 N–H and O–H groups in total. The van der Waals surface area contributed by atoms with Gasteiger partial charge in [-0.25, -0.2) is 4.98 Å². The molecule has 21 heavy (non-hydrogen) atoms. The van der Waals surface area contributed by atoms with Gasteiger partial charge in [0.15, 0.2) is 0 Å². The minimum absolute atomic E-state index is 0.169. The van der Waals surface area contributed by atoms with Gasteiger partial charge < -0.3 is 10.6 Å². The molecule has 2 aromatic rings. The number of pyridine rings is 1. The summed E-state index contributed by atoms with van der Waals surface area (Å²) in [5.41, 5.74) is 1.30. The number of hydrogen-bond donors (Lipinski definition) is 2. The third-order valence-corrected chi connectivity index (χ3v) is 3.89. The second-order valence-electron chi connectivity index (χ2n) is 4.43. The minimum Gasteiger partial charge on any atom is -0.370 e. The van der Waals surface area contributed by atoms with E-state index in [1.54, 1.807) is 36.5 Å². The number of benzene rings is 1. The highest BCUT2D eigenvalue weighted by molar-refractivity contribution is 14.1. The van der Waals surface area contributed by atoms with E-state index in [0.717, 1.165) is 22.2 Å². The van der Waals surface area contributed by atoms with Crippen molar-refractivity contribution in [3.05, 3.63) is 50.7 Å². The summed E-state index contributed by atoms with van der Waals surface area (Å²) in [7, 11) is 0. The maximum atomic E-state index is 12.3. The van der Waals surface area contributed by atoms with Crippen LogP contribution >= 0.6 is 34.2 Å². The fraction of sp³-hybridized carbons (Fsp3) is 0.200. The molecule has 0 aliphatic heterocycles. The average molecular weight is 416 g/mol. The van der Waals surface area contributed by atoms with Crippen molar-refractivity contribution in [2.24, 2.45) is 0 Å². The van der Waals surface area contributed by atoms with Gasteiger partial charge in [-0.2, -0.15) is 0 Å². The molecule has 1 aromatic heterocycles. The summed E-state index contributed by atoms with van der Waals surface area (Å²) in [5, 5.41) is 6.68. The van der Waals surface area contributed by atoms with E-state index in [2.05, 4.69) is 45.1 Å². The van der Waals surface area contributed by atoms with Crippen LogP contribution < -0.4 is 10.6 Å². The second kappa shape index (κ2) is 7.61. The summed E-state index contributed by atoms with van der Waals surface area (Å²) < 4.78 is 0.895. The highest BCUT2D eigenvalue weighted by atomic mass is 127. The van der Waals surface area contributed by atoms with Crippen molar-refractivity contribution in [2.45, 2.75) is 13.3 Å². The lowest BCUT2D eigenvalue weighted by Crippen LogP contribution is -2.13. The topological polar surface area (TPSA) is 54.0 Å². The van der Waals surface area contributed by atoms with Gasteiger partial charge in [0.2, 0.25) is 0 Å². The van der Waals surface area contributed by atoms with Crippen molar-refractivity contribution in [2.75, 3.05) is 17.2 Å². The van der Waals surface area contributed by atoms with Crippen LogP contribution in [-0.4, -0.2) is 17.4 Å². The Hall–Kier alpha value is -1.34. The van der Waals surface area contributed by atoms with E-state index in [-0.39, 0.29) is 5.91 Å². The molecule has 0 aliphatic carbocycles. The van der Waals surface area contributed by atoms with Gasteiger partial charge in [-0.3, -0.25) is 4.79 Å². The number of carbonyl (C=O) groups excluding carboxylic acids is 1. The maximum absolute atomic E-state index is 12.3. The van der Waals surface area contributed by atoms with E-state index >= 15 is 0 Å². The van der Waals surface area contributed by atoms with Crippen LogP contribution in [0.4, 0.5) is 11.5 Å². The summed E-state index contributed by atoms with van der Waals surface area (Å²) in [6, 6.07) is 8.78. The molecule has 110 valence electrons. The van der Waals surface area contributed by atoms with Gasteiger partial charge >= 0.3 is 0 Å². The van der Waals surface area contributed by atoms with Crippen molar-refractivity contribution < 1.29 is 4.79 Å². The van der Waals surface area contributed by atoms with E-state index < -0.39 is 0 Å². The molecule has 0 saturated heterocycles. The van der Waals surface area contributed by atoms with Crippen LogP contribution in [0.3, 0.4) is 0 Å². The van der Waals surface area contributed by atoms with Crippen LogP contribution in [0, 0.1) is 3.57 Å². The normalized spacial score (nSPS) is 10.2. The van der Waals surface area contributed by atoms with Crippen LogP contribution in [0.15, 0.2) is 36.5 Å². The molecule has 0 unspecified atom stereocenters. The van der Waals surface area contributed by atoms with E-state index in [9.17, 15) is 4.79 Å². The molecule has 0 radical (unpaired) electrons. The lowest BCUT2D eigenvalue weighted by Gasteiger charge is -2.09. The largest absolute Gasteiger partial charge is 0.370 e. The van der Waals surface area contributed by atoms with Gasteiger partial charge in [-0.05, 0) is 59.3 Å². The zero-order chi connectivity index (χ0) is 15.2. The standard InChI is InChI=1S/C15H15ClIN3O/c1-2-6-18-14-8-10(5-7-19-14)15(21)20-13-4-3-11(16)9-12(13)17/h3-5,7-9H,2,6H2,1H3,(H,18,19)(H,20,21). The van der Waals surface area contributed by atoms with Crippen LogP contribution in [0.5, 0.6) is 0 Å². The van der Waals surface area contributed by atoms with Crippen molar-refractivity contribution in [1.82, 2.24) is 4.98 Å². The van der Waals surface area contributed by atoms with Crippen molar-refractivity contribution >= 4 is 51.6 Å². The number of hydrogen-bond acceptors (Lipinski definition) is 3. The summed E-state index contributed by atoms with van der Waals surface area (Å²) in [5.74, 6) is 0.535. The number of halogens is 2. The lowest BCUT2D eigenvalue weighted by atomic mass is 10.2. The predicted octanol–water partition coefficient (Wildman–Crippen LogP) is 4.41. The Morgan fingerprint density at radius 3 is 2.86 bits per heavy atom. The summed E-state index contributed by atoms with van der Waals surface area (Å²) in [6.45, 7) is 2.90. The second-order valence-corrected chi connectivity index (χ2v) is 6.03. The molecule has 1 heterocycles. The fourth-order valence-corrected chi connectivity index (χ4v) is 2.71. The predicted molar refractivity (Wildman–Crippen MR) is 95.1 cm³/mol. The molecule has 0 spiro atoms. The van der Waals surface area contributed by atoms with E-state index in [1.807, 2.05) is 0 Å². The molecule has 1 aromatic carbocycles. The zero-order valence-electron chi connectivity index (χ0n) is 11.5. The van der Waals surface area contributed by atoms with E-state index in [1.165, 1.54) is 0 Å². The highest BCUT2D eigenvalue weighted by Crippen LogP contribution is 2.23. The Morgan fingerprint density at radius 1 is 1.33 bits per heavy atom. The summed E-state index contributed by atoms with van der Waals surface area (Å²) in [6.07, 6.45) is 2.63. The van der Waals surface area contributed by atoms with Crippen LogP contribution in [0.25, 0.3) is 0 Å². The molecule has 0 aliphatic rings. The van der Waals surface area contributed by atoms with Gasteiger partial charge in [0.05, 0.1) is 5.69 Å². The third kappa shape index (κ3) is 4.57. The molecule has 0 atom stereocenters. The molecular weight excluding hydrogens is 401 g/mol. The number of aromatic nitrogens is 1. The quantitative estimate of drug-likeness (QED) is 0.711. The summed E-state index contributed by atoms with van der Waals surface area (Å²) >= 11 is 8.05. The maximum Gasteiger partial charge on any atom is 0.255 e. The number of anilines is 2. The first kappa shape index (κ1) is 16.0. The van der Waals surface area contributed by atoms with Gasteiger partial charge in [0.25, 0.3) is 5.91 Å². The number of amides is 1. The Kier molecular flexibility index (Phi) is 5.81. The number of carbonyl (C=O) groups is 1. The molecule has 0 saturated carbocycles. The van der Waals surface area contributed by atoms with Gasteiger partial charge in [-0.1, -0.05) is 18.5 Å². The van der Waals surface area contributed by atoms with E-state index in [4.69, 9.17) is 11.6 Å². The monoisotopic (exact) mass is 415 g/mol. The lowest BCUT2D eigenvalue weighted by molar-refractivity contribution is 0.102. The first-order valence-corrected chi connectivity index (χ1v) is 8.02. The van der Waals surface area contributed by atoms with Crippen molar-refractivity contribution in [1.29, 1.82) is 0 Å². The minimum atomic E-state index is -0.169. The van der Waals surface area contributed by atoms with Crippen molar-refractivity contribution in [3.63, 3.8) is 0 Å². The Balaban J connectivity index is 2.12. The molecule has 2 rings (SSSR count). The molecular formula is C15H15ClIN3O. The molecule has 6 heteroatoms. The van der Waals surface area contributed by atoms with Gasteiger partial charge in [0, 0.05) is 26.9 Å². The number of nitrogens with zero attached hydrogens (tertiary/aromatic N) is 1. The van der Waals surface area contributed by atoms with Crippen LogP contribution in [0.2, 0.25) is 5.02 Å². The smallest absolute Gasteiger partial charge is 0.255 e. The Labute approximate surface area is 142 Å². The fourth-order valence-electron chi connectivity index (χ4n) is 1.71. The SMILES string of the molecule is CCCNc1cc(C(=O)Nc2ccc(Cl)cc2I)ccn1. The zero-order valence-corrected chi connectivity index (χ0v) is 14.4. The van der Waals surface area contributed by atoms with Crippen LogP contribution in [0.1, 0.15) is 23.7 Å². The molecule has 0 fully saturated rings. The first-order chi connectivity index (χ1) is 10.1. The number of rotatable bonds is 5. The van der Waals surface area contributed by atoms with Gasteiger partial charge in [0.1, 0.15) is 5.82 Å². The third-order valence-electron chi connectivity index (χ3n) is 2.76. The summed E-state index contributed by atoms with van der Waals surface area (Å²) in [4.78, 5) is 16.5. The molecule has 1 amide bonds. The molecule has 0 bridgehead atoms.